The number of unbranched alkanes of at least 4 members (excludes halogenated alkanes) is 1. The third-order valence-electron chi connectivity index (χ3n) is 2.10. The first-order chi connectivity index (χ1) is 7.72. The zero-order valence-electron chi connectivity index (χ0n) is 9.91. The Balaban J connectivity index is 0.00000256. The van der Waals surface area contributed by atoms with E-state index in [1.54, 1.807) is 11.3 Å². The van der Waals surface area contributed by atoms with E-state index in [-0.39, 0.29) is 24.0 Å². The zero-order chi connectivity index (χ0) is 11.8. The molecule has 0 radical (unpaired) electrons. The number of hydrogen-bond donors (Lipinski definition) is 2. The molecule has 17 heavy (non-hydrogen) atoms. The van der Waals surface area contributed by atoms with Crippen molar-refractivity contribution in [3.8, 4) is 0 Å². The van der Waals surface area contributed by atoms with Crippen molar-refractivity contribution in [3.05, 3.63) is 21.3 Å². The summed E-state index contributed by atoms with van der Waals surface area (Å²) in [6.07, 6.45) is 3.16. The van der Waals surface area contributed by atoms with Crippen LogP contribution >= 0.6 is 46.9 Å². The summed E-state index contributed by atoms with van der Waals surface area (Å²) in [6.45, 7) is 3.75. The number of thiophene rings is 1. The fourth-order valence-electron chi connectivity index (χ4n) is 1.21. The number of hydrogen-bond acceptors (Lipinski definition) is 2. The molecule has 1 aromatic heterocycles. The van der Waals surface area contributed by atoms with Gasteiger partial charge in [0.2, 0.25) is 0 Å². The van der Waals surface area contributed by atoms with Crippen molar-refractivity contribution >= 4 is 52.9 Å². The van der Waals surface area contributed by atoms with Crippen molar-refractivity contribution in [2.75, 3.05) is 13.1 Å². The molecule has 0 aliphatic rings. The normalized spacial score (nSPS) is 11.1. The summed E-state index contributed by atoms with van der Waals surface area (Å²) in [5, 5.41) is 3.09. The molecule has 0 aromatic carbocycles. The van der Waals surface area contributed by atoms with Crippen LogP contribution in [0.3, 0.4) is 0 Å². The number of halogens is 2. The second-order valence-electron chi connectivity index (χ2n) is 3.50. The van der Waals surface area contributed by atoms with Gasteiger partial charge < -0.3 is 11.1 Å². The molecule has 1 rings (SSSR count). The SMILES string of the molecule is CCCCN=C(N)NCCc1ccc(Cl)s1.I. The van der Waals surface area contributed by atoms with E-state index in [9.17, 15) is 0 Å². The van der Waals surface area contributed by atoms with E-state index in [2.05, 4.69) is 17.2 Å². The Labute approximate surface area is 129 Å². The minimum Gasteiger partial charge on any atom is -0.370 e. The summed E-state index contributed by atoms with van der Waals surface area (Å²) >= 11 is 7.44. The van der Waals surface area contributed by atoms with Gasteiger partial charge in [-0.15, -0.1) is 35.3 Å². The highest BCUT2D eigenvalue weighted by atomic mass is 127. The summed E-state index contributed by atoms with van der Waals surface area (Å²) in [6, 6.07) is 3.96. The molecule has 1 aromatic rings. The molecule has 98 valence electrons. The lowest BCUT2D eigenvalue weighted by molar-refractivity contribution is 0.792. The van der Waals surface area contributed by atoms with Crippen LogP contribution < -0.4 is 11.1 Å². The van der Waals surface area contributed by atoms with Crippen LogP contribution in [0.15, 0.2) is 17.1 Å². The highest BCUT2D eigenvalue weighted by Gasteiger charge is 1.98. The largest absolute Gasteiger partial charge is 0.370 e. The predicted octanol–water partition coefficient (Wildman–Crippen LogP) is 3.27. The fraction of sp³-hybridized carbons (Fsp3) is 0.545. The molecular weight excluding hydrogens is 369 g/mol. The smallest absolute Gasteiger partial charge is 0.188 e. The van der Waals surface area contributed by atoms with E-state index in [0.717, 1.165) is 36.7 Å². The van der Waals surface area contributed by atoms with Crippen molar-refractivity contribution < 1.29 is 0 Å². The molecule has 0 aliphatic heterocycles. The Morgan fingerprint density at radius 1 is 1.53 bits per heavy atom. The van der Waals surface area contributed by atoms with Crippen LogP contribution in [0.5, 0.6) is 0 Å². The van der Waals surface area contributed by atoms with Gasteiger partial charge >= 0.3 is 0 Å². The summed E-state index contributed by atoms with van der Waals surface area (Å²) < 4.78 is 0.833. The van der Waals surface area contributed by atoms with Gasteiger partial charge in [-0.1, -0.05) is 24.9 Å². The maximum atomic E-state index is 5.84. The van der Waals surface area contributed by atoms with Crippen LogP contribution in [0.25, 0.3) is 0 Å². The van der Waals surface area contributed by atoms with Gasteiger partial charge in [-0.3, -0.25) is 4.99 Å². The molecule has 0 amide bonds. The summed E-state index contributed by atoms with van der Waals surface area (Å²) in [4.78, 5) is 5.47. The van der Waals surface area contributed by atoms with Gasteiger partial charge in [-0.05, 0) is 25.0 Å². The van der Waals surface area contributed by atoms with Gasteiger partial charge in [-0.25, -0.2) is 0 Å². The van der Waals surface area contributed by atoms with Crippen molar-refractivity contribution in [2.45, 2.75) is 26.2 Å². The molecule has 0 saturated carbocycles. The summed E-state index contributed by atoms with van der Waals surface area (Å²) in [5.41, 5.74) is 5.70. The Morgan fingerprint density at radius 2 is 2.29 bits per heavy atom. The first kappa shape index (κ1) is 17.0. The Morgan fingerprint density at radius 3 is 2.88 bits per heavy atom. The number of nitrogens with two attached hydrogens (primary N) is 1. The average Bonchev–Trinajstić information content (AvgIpc) is 2.65. The maximum absolute atomic E-state index is 5.84. The van der Waals surface area contributed by atoms with Crippen LogP contribution in [0.2, 0.25) is 4.34 Å². The topological polar surface area (TPSA) is 50.4 Å². The van der Waals surface area contributed by atoms with Gasteiger partial charge in [0.05, 0.1) is 4.34 Å². The van der Waals surface area contributed by atoms with E-state index in [4.69, 9.17) is 17.3 Å². The Kier molecular flexibility index (Phi) is 9.96. The molecule has 0 aliphatic carbocycles. The highest BCUT2D eigenvalue weighted by Crippen LogP contribution is 2.21. The molecule has 3 nitrogen and oxygen atoms in total. The summed E-state index contributed by atoms with van der Waals surface area (Å²) in [7, 11) is 0. The zero-order valence-corrected chi connectivity index (χ0v) is 13.8. The molecule has 0 saturated heterocycles. The van der Waals surface area contributed by atoms with Crippen LogP contribution in [-0.2, 0) is 6.42 Å². The van der Waals surface area contributed by atoms with Gasteiger partial charge in [0.15, 0.2) is 5.96 Å². The van der Waals surface area contributed by atoms with E-state index < -0.39 is 0 Å². The van der Waals surface area contributed by atoms with Gasteiger partial charge in [0.1, 0.15) is 0 Å². The number of nitrogens with zero attached hydrogens (tertiary/aromatic N) is 1. The maximum Gasteiger partial charge on any atom is 0.188 e. The lowest BCUT2D eigenvalue weighted by Crippen LogP contribution is -2.33. The molecule has 0 atom stereocenters. The molecule has 0 spiro atoms. The molecule has 3 N–H and O–H groups in total. The van der Waals surface area contributed by atoms with Gasteiger partial charge in [-0.2, -0.15) is 0 Å². The van der Waals surface area contributed by atoms with Gasteiger partial charge in [0.25, 0.3) is 0 Å². The first-order valence-electron chi connectivity index (χ1n) is 5.50. The van der Waals surface area contributed by atoms with E-state index in [1.165, 1.54) is 4.88 Å². The van der Waals surface area contributed by atoms with Crippen molar-refractivity contribution in [1.82, 2.24) is 5.32 Å². The van der Waals surface area contributed by atoms with Gasteiger partial charge in [0, 0.05) is 18.0 Å². The number of guanidine groups is 1. The van der Waals surface area contributed by atoms with E-state index in [0.29, 0.717) is 5.96 Å². The van der Waals surface area contributed by atoms with Crippen molar-refractivity contribution in [2.24, 2.45) is 10.7 Å². The first-order valence-corrected chi connectivity index (χ1v) is 6.70. The molecule has 0 bridgehead atoms. The molecule has 1 heterocycles. The highest BCUT2D eigenvalue weighted by molar-refractivity contribution is 14.0. The third kappa shape index (κ3) is 7.83. The predicted molar refractivity (Wildman–Crippen MR) is 87.8 cm³/mol. The number of aliphatic imine (C=N–C) groups is 1. The number of nitrogens with one attached hydrogen (secondary N) is 1. The minimum atomic E-state index is 0. The number of rotatable bonds is 6. The fourth-order valence-corrected chi connectivity index (χ4v) is 2.30. The van der Waals surface area contributed by atoms with Crippen LogP contribution in [0, 0.1) is 0 Å². The van der Waals surface area contributed by atoms with Crippen LogP contribution in [0.1, 0.15) is 24.6 Å². The van der Waals surface area contributed by atoms with E-state index >= 15 is 0 Å². The van der Waals surface area contributed by atoms with Crippen molar-refractivity contribution in [1.29, 1.82) is 0 Å². The Bertz CT molecular complexity index is 341. The Hall–Kier alpha value is -0.0100. The quantitative estimate of drug-likeness (QED) is 0.341. The second-order valence-corrected chi connectivity index (χ2v) is 5.30. The van der Waals surface area contributed by atoms with Crippen LogP contribution in [-0.4, -0.2) is 19.0 Å². The minimum absolute atomic E-state index is 0. The van der Waals surface area contributed by atoms with Crippen molar-refractivity contribution in [3.63, 3.8) is 0 Å². The third-order valence-corrected chi connectivity index (χ3v) is 3.39. The second kappa shape index (κ2) is 9.96. The molecule has 0 fully saturated rings. The lowest BCUT2D eigenvalue weighted by atomic mass is 10.3. The molecule has 6 heteroatoms. The average molecular weight is 388 g/mol. The standard InChI is InChI=1S/C11H18ClN3S.HI/c1-2-3-7-14-11(13)15-8-6-9-4-5-10(12)16-9;/h4-5H,2-3,6-8H2,1H3,(H3,13,14,15);1H. The monoisotopic (exact) mass is 387 g/mol. The molecular formula is C11H19ClIN3S. The molecule has 0 unspecified atom stereocenters. The van der Waals surface area contributed by atoms with Crippen LogP contribution in [0.4, 0.5) is 0 Å². The van der Waals surface area contributed by atoms with E-state index in [1.807, 2.05) is 12.1 Å². The summed E-state index contributed by atoms with van der Waals surface area (Å²) in [5.74, 6) is 0.538. The lowest BCUT2D eigenvalue weighted by Gasteiger charge is -2.03.